The number of pyridine rings is 4. The summed E-state index contributed by atoms with van der Waals surface area (Å²) in [5.74, 6) is 0. The Balaban J connectivity index is -0.000000590. The van der Waals surface area contributed by atoms with Crippen molar-refractivity contribution in [2.75, 3.05) is 6.54 Å². The molecule has 4 aromatic rings. The minimum absolute atomic E-state index is 0. The Morgan fingerprint density at radius 1 is 0.471 bits per heavy atom. The first kappa shape index (κ1) is 53.0. The molecule has 17 heteroatoms. The molecular formula is C34H49Cl3CoN5O8+2. The van der Waals surface area contributed by atoms with Crippen molar-refractivity contribution < 1.29 is 86.9 Å². The topological polar surface area (TPSA) is 256 Å². The first-order valence-electron chi connectivity index (χ1n) is 16.0. The Kier molecular flexibility index (Phi) is 36.0. The van der Waals surface area contributed by atoms with Crippen molar-refractivity contribution in [2.24, 2.45) is 5.73 Å². The molecule has 4 N–H and O–H groups in total. The van der Waals surface area contributed by atoms with Crippen LogP contribution in [0.1, 0.15) is 84.0 Å². The number of hydrogen-bond acceptors (Lipinski definition) is 13. The van der Waals surface area contributed by atoms with Crippen molar-refractivity contribution in [1.82, 2.24) is 19.9 Å². The predicted octanol–water partition coefficient (Wildman–Crippen LogP) is -2.31. The maximum atomic E-state index is 8.60. The third-order valence-electron chi connectivity index (χ3n) is 6.24. The van der Waals surface area contributed by atoms with E-state index in [0.717, 1.165) is 29.3 Å². The van der Waals surface area contributed by atoms with E-state index in [-0.39, 0.29) is 29.2 Å². The molecule has 51 heavy (non-hydrogen) atoms. The third-order valence-corrected chi connectivity index (χ3v) is 6.24. The third kappa shape index (κ3) is 40.2. The monoisotopic (exact) mass is 819 g/mol. The van der Waals surface area contributed by atoms with Gasteiger partial charge in [-0.3, -0.25) is 19.9 Å². The van der Waals surface area contributed by atoms with Gasteiger partial charge in [0.25, 0.3) is 0 Å². The summed E-state index contributed by atoms with van der Waals surface area (Å²) >= 11 is 0. The summed E-state index contributed by atoms with van der Waals surface area (Å²) in [6, 6.07) is 23.2. The van der Waals surface area contributed by atoms with Crippen LogP contribution in [-0.4, -0.2) is 35.8 Å². The molecule has 0 saturated heterocycles. The van der Waals surface area contributed by atoms with Gasteiger partial charge in [-0.15, -0.1) is 0 Å². The molecule has 0 spiro atoms. The van der Waals surface area contributed by atoms with Crippen molar-refractivity contribution in [1.29, 1.82) is 0 Å². The van der Waals surface area contributed by atoms with E-state index < -0.39 is 20.5 Å². The van der Waals surface area contributed by atoms with Crippen molar-refractivity contribution in [3.05, 3.63) is 97.6 Å². The standard InChI is InChI=1S/C14H31N.2C10H8N2.2ClHO4.ClH.Co/c1-2-3-4-5-6-7-8-9-10-11-12-13-14-15;2*1-3-7-11-9(5-1)10-6-2-4-8-12-10;2*2-1(3,4)5;;/h2-15H2,1H3;2*1-8H;2*(H,2,3,4,5);1H;/q;;;;;;+3/p-1. The normalized spacial score (nSPS) is 10.1. The molecule has 0 radical (unpaired) electrons. The fourth-order valence-corrected chi connectivity index (χ4v) is 4.04. The summed E-state index contributed by atoms with van der Waals surface area (Å²) < 4.78 is 65.4. The second kappa shape index (κ2) is 34.7. The molecule has 0 amide bonds. The van der Waals surface area contributed by atoms with Gasteiger partial charge in [-0.25, -0.2) is 0 Å². The number of nitrogens with zero attached hydrogens (tertiary/aromatic N) is 4. The van der Waals surface area contributed by atoms with Gasteiger partial charge in [0.15, 0.2) is 0 Å². The van der Waals surface area contributed by atoms with Crippen LogP contribution in [-0.2, 0) is 16.8 Å². The molecule has 0 atom stereocenters. The van der Waals surface area contributed by atoms with E-state index in [1.807, 2.05) is 72.8 Å². The van der Waals surface area contributed by atoms with E-state index in [2.05, 4.69) is 26.9 Å². The molecule has 13 nitrogen and oxygen atoms in total. The average molecular weight is 821 g/mol. The maximum absolute atomic E-state index is 8.60. The Bertz CT molecular complexity index is 1090. The summed E-state index contributed by atoms with van der Waals surface area (Å²) in [5, 5.41) is 0. The van der Waals surface area contributed by atoms with Crippen molar-refractivity contribution in [2.45, 2.75) is 84.0 Å². The molecule has 0 aliphatic carbocycles. The minimum atomic E-state index is -4.69. The molecule has 4 aromatic heterocycles. The quantitative estimate of drug-likeness (QED) is 0.113. The number of halogens is 3. The van der Waals surface area contributed by atoms with Crippen LogP contribution < -0.4 is 46.1 Å². The molecule has 0 aliphatic rings. The zero-order valence-electron chi connectivity index (χ0n) is 28.6. The number of unbranched alkanes of at least 4 members (excludes halogenated alkanes) is 11. The molecule has 0 aromatic carbocycles. The largest absolute Gasteiger partial charge is 3.00 e. The Morgan fingerprint density at radius 3 is 0.863 bits per heavy atom. The van der Waals surface area contributed by atoms with Crippen LogP contribution in [0.3, 0.4) is 0 Å². The van der Waals surface area contributed by atoms with Crippen LogP contribution >= 0.6 is 0 Å². The van der Waals surface area contributed by atoms with Gasteiger partial charge in [0.2, 0.25) is 0 Å². The van der Waals surface area contributed by atoms with E-state index in [1.54, 1.807) is 24.8 Å². The Morgan fingerprint density at radius 2 is 0.686 bits per heavy atom. The first-order chi connectivity index (χ1) is 23.3. The number of nitrogens with two attached hydrogens (primary N) is 1. The van der Waals surface area contributed by atoms with Crippen LogP contribution in [0.4, 0.5) is 0 Å². The number of hydrogen-bond donors (Lipinski definition) is 3. The molecule has 0 unspecified atom stereocenters. The summed E-state index contributed by atoms with van der Waals surface area (Å²) in [5.41, 5.74) is 9.11. The SMILES string of the molecule is CCCCCCCCCCCCCCN.[Cl-].[Co+3].[O-][Cl+3]([O-])([O-])O.[O-][Cl+3]([O-])([O-])O.c1ccc(-c2ccccn2)nc1.c1ccc(-c2ccccn2)nc1. The van der Waals surface area contributed by atoms with E-state index in [1.165, 1.54) is 77.0 Å². The average Bonchev–Trinajstić information content (AvgIpc) is 3.08. The minimum Gasteiger partial charge on any atom is -1.00 e. The van der Waals surface area contributed by atoms with Gasteiger partial charge in [-0.2, -0.15) is 28.0 Å². The van der Waals surface area contributed by atoms with Gasteiger partial charge in [0.05, 0.1) is 52.6 Å². The van der Waals surface area contributed by atoms with Gasteiger partial charge >= 0.3 is 16.8 Å². The Labute approximate surface area is 322 Å². The zero-order chi connectivity index (χ0) is 36.6. The van der Waals surface area contributed by atoms with Crippen molar-refractivity contribution >= 4 is 0 Å². The molecule has 286 valence electrons. The van der Waals surface area contributed by atoms with Gasteiger partial charge in [0.1, 0.15) is 0 Å². The first-order valence-corrected chi connectivity index (χ1v) is 18.5. The molecule has 0 fully saturated rings. The zero-order valence-corrected chi connectivity index (χ0v) is 31.9. The summed E-state index contributed by atoms with van der Waals surface area (Å²) in [6.45, 7) is 3.15. The van der Waals surface area contributed by atoms with Gasteiger partial charge < -0.3 is 18.1 Å². The molecule has 4 heterocycles. The van der Waals surface area contributed by atoms with E-state index in [0.29, 0.717) is 0 Å². The van der Waals surface area contributed by atoms with Crippen molar-refractivity contribution in [3.63, 3.8) is 0 Å². The fourth-order valence-electron chi connectivity index (χ4n) is 4.04. The van der Waals surface area contributed by atoms with E-state index in [4.69, 9.17) is 43.0 Å². The fraction of sp³-hybridized carbons (Fsp3) is 0.412. The second-order valence-corrected chi connectivity index (χ2v) is 11.9. The van der Waals surface area contributed by atoms with Crippen molar-refractivity contribution in [3.8, 4) is 22.8 Å². The number of aromatic nitrogens is 4. The van der Waals surface area contributed by atoms with E-state index >= 15 is 0 Å². The molecule has 0 aliphatic heterocycles. The molecule has 0 saturated carbocycles. The van der Waals surface area contributed by atoms with Crippen LogP contribution in [0.25, 0.3) is 22.8 Å². The summed E-state index contributed by atoms with van der Waals surface area (Å²) in [4.78, 5) is 16.7. The summed E-state index contributed by atoms with van der Waals surface area (Å²) in [6.07, 6.45) is 24.0. The predicted molar refractivity (Wildman–Crippen MR) is 170 cm³/mol. The molecule has 0 bridgehead atoms. The van der Waals surface area contributed by atoms with Crippen LogP contribution in [0.2, 0.25) is 0 Å². The Hall–Kier alpha value is -2.38. The van der Waals surface area contributed by atoms with Crippen LogP contribution in [0.15, 0.2) is 97.6 Å². The summed E-state index contributed by atoms with van der Waals surface area (Å²) in [7, 11) is -9.39. The van der Waals surface area contributed by atoms with Crippen LogP contribution in [0.5, 0.6) is 0 Å². The van der Waals surface area contributed by atoms with E-state index in [9.17, 15) is 0 Å². The number of rotatable bonds is 14. The second-order valence-electron chi connectivity index (χ2n) is 10.3. The smallest absolute Gasteiger partial charge is 1.00 e. The molecule has 4 rings (SSSR count). The molecular weight excluding hydrogens is 772 g/mol. The maximum Gasteiger partial charge on any atom is 3.00 e. The van der Waals surface area contributed by atoms with Gasteiger partial charge in [-0.05, 0) is 61.5 Å². The van der Waals surface area contributed by atoms with Gasteiger partial charge in [0, 0.05) is 24.8 Å². The van der Waals surface area contributed by atoms with Gasteiger partial charge in [-0.1, -0.05) is 102 Å². The van der Waals surface area contributed by atoms with Crippen LogP contribution in [0, 0.1) is 20.5 Å².